The SMILES string of the molecule is CC(C)C[C@H](NC(=O)[C@@H]1Cc2ccccc2C[NH2+]1)C(=O)NC[C@@H]1CCCO1. The van der Waals surface area contributed by atoms with E-state index in [9.17, 15) is 9.59 Å². The van der Waals surface area contributed by atoms with Gasteiger partial charge in [0.25, 0.3) is 5.91 Å². The molecule has 2 amide bonds. The summed E-state index contributed by atoms with van der Waals surface area (Å²) in [4.78, 5) is 25.5. The summed E-state index contributed by atoms with van der Waals surface area (Å²) >= 11 is 0. The lowest BCUT2D eigenvalue weighted by Crippen LogP contribution is -2.93. The number of benzene rings is 1. The van der Waals surface area contributed by atoms with Gasteiger partial charge in [0.1, 0.15) is 12.6 Å². The molecule has 0 saturated carbocycles. The van der Waals surface area contributed by atoms with E-state index in [4.69, 9.17) is 4.74 Å². The number of hydrogen-bond acceptors (Lipinski definition) is 3. The highest BCUT2D eigenvalue weighted by Gasteiger charge is 2.31. The first-order valence-corrected chi connectivity index (χ1v) is 10.1. The monoisotopic (exact) mass is 374 g/mol. The van der Waals surface area contributed by atoms with Crippen LogP contribution in [-0.4, -0.2) is 43.2 Å². The van der Waals surface area contributed by atoms with Crippen molar-refractivity contribution in [3.63, 3.8) is 0 Å². The lowest BCUT2D eigenvalue weighted by Gasteiger charge is -2.26. The van der Waals surface area contributed by atoms with Crippen LogP contribution in [0.5, 0.6) is 0 Å². The van der Waals surface area contributed by atoms with Gasteiger partial charge in [-0.25, -0.2) is 0 Å². The molecule has 1 aromatic carbocycles. The molecule has 0 unspecified atom stereocenters. The Hall–Kier alpha value is -1.92. The molecule has 0 aromatic heterocycles. The molecule has 3 atom stereocenters. The van der Waals surface area contributed by atoms with Crippen molar-refractivity contribution in [3.8, 4) is 0 Å². The topological polar surface area (TPSA) is 84.0 Å². The van der Waals surface area contributed by atoms with Gasteiger partial charge in [0, 0.05) is 25.1 Å². The zero-order valence-electron chi connectivity index (χ0n) is 16.4. The molecule has 2 aliphatic heterocycles. The zero-order chi connectivity index (χ0) is 19.2. The Bertz CT molecular complexity index is 656. The smallest absolute Gasteiger partial charge is 0.279 e. The molecule has 3 rings (SSSR count). The molecule has 1 aromatic rings. The molecular formula is C21H32N3O3+. The molecule has 0 radical (unpaired) electrons. The zero-order valence-corrected chi connectivity index (χ0v) is 16.4. The maximum absolute atomic E-state index is 12.8. The van der Waals surface area contributed by atoms with Crippen LogP contribution in [-0.2, 0) is 27.3 Å². The summed E-state index contributed by atoms with van der Waals surface area (Å²) < 4.78 is 5.57. The number of nitrogens with one attached hydrogen (secondary N) is 2. The van der Waals surface area contributed by atoms with E-state index in [-0.39, 0.29) is 24.0 Å². The quantitative estimate of drug-likeness (QED) is 0.650. The fraction of sp³-hybridized carbons (Fsp3) is 0.619. The van der Waals surface area contributed by atoms with Crippen molar-refractivity contribution in [2.75, 3.05) is 13.2 Å². The Morgan fingerprint density at radius 1 is 1.26 bits per heavy atom. The van der Waals surface area contributed by atoms with Crippen molar-refractivity contribution in [2.45, 2.75) is 64.3 Å². The minimum Gasteiger partial charge on any atom is -0.376 e. The van der Waals surface area contributed by atoms with Crippen LogP contribution >= 0.6 is 0 Å². The summed E-state index contributed by atoms with van der Waals surface area (Å²) in [5, 5.41) is 8.03. The van der Waals surface area contributed by atoms with Crippen LogP contribution in [0.4, 0.5) is 0 Å². The van der Waals surface area contributed by atoms with E-state index in [1.165, 1.54) is 11.1 Å². The number of carbonyl (C=O) groups excluding carboxylic acids is 2. The van der Waals surface area contributed by atoms with E-state index in [2.05, 4.69) is 41.9 Å². The number of fused-ring (bicyclic) bond motifs is 1. The Morgan fingerprint density at radius 3 is 2.74 bits per heavy atom. The molecule has 1 fully saturated rings. The third-order valence-electron chi connectivity index (χ3n) is 5.39. The molecule has 148 valence electrons. The average molecular weight is 375 g/mol. The van der Waals surface area contributed by atoms with E-state index in [0.29, 0.717) is 25.3 Å². The molecule has 2 aliphatic rings. The highest BCUT2D eigenvalue weighted by atomic mass is 16.5. The van der Waals surface area contributed by atoms with Crippen LogP contribution in [0.25, 0.3) is 0 Å². The van der Waals surface area contributed by atoms with Gasteiger partial charge in [-0.15, -0.1) is 0 Å². The molecule has 2 heterocycles. The summed E-state index contributed by atoms with van der Waals surface area (Å²) in [6.07, 6.45) is 3.47. The highest BCUT2D eigenvalue weighted by Crippen LogP contribution is 2.14. The van der Waals surface area contributed by atoms with Gasteiger partial charge in [0.15, 0.2) is 6.04 Å². The Balaban J connectivity index is 1.56. The first-order valence-electron chi connectivity index (χ1n) is 10.1. The molecule has 4 N–H and O–H groups in total. The van der Waals surface area contributed by atoms with Crippen molar-refractivity contribution in [1.82, 2.24) is 10.6 Å². The molecular weight excluding hydrogens is 342 g/mol. The van der Waals surface area contributed by atoms with Gasteiger partial charge in [-0.3, -0.25) is 9.59 Å². The van der Waals surface area contributed by atoms with Gasteiger partial charge in [-0.2, -0.15) is 0 Å². The number of quaternary nitrogens is 1. The Kier molecular flexibility index (Phi) is 6.85. The average Bonchev–Trinajstić information content (AvgIpc) is 3.18. The summed E-state index contributed by atoms with van der Waals surface area (Å²) in [5.74, 6) is 0.158. The van der Waals surface area contributed by atoms with Crippen LogP contribution in [0, 0.1) is 5.92 Å². The number of hydrogen-bond donors (Lipinski definition) is 3. The number of nitrogens with two attached hydrogens (primary N) is 1. The summed E-state index contributed by atoms with van der Waals surface area (Å²) in [6, 6.07) is 7.57. The summed E-state index contributed by atoms with van der Waals surface area (Å²) in [7, 11) is 0. The first kappa shape index (κ1) is 19.8. The summed E-state index contributed by atoms with van der Waals surface area (Å²) in [6.45, 7) is 6.22. The van der Waals surface area contributed by atoms with Gasteiger partial charge in [-0.05, 0) is 30.7 Å². The second kappa shape index (κ2) is 9.33. The van der Waals surface area contributed by atoms with E-state index in [1.807, 2.05) is 12.1 Å². The van der Waals surface area contributed by atoms with Crippen LogP contribution < -0.4 is 16.0 Å². The van der Waals surface area contributed by atoms with Crippen molar-refractivity contribution in [2.24, 2.45) is 5.92 Å². The van der Waals surface area contributed by atoms with Gasteiger partial charge in [0.2, 0.25) is 5.91 Å². The van der Waals surface area contributed by atoms with Gasteiger partial charge in [-0.1, -0.05) is 38.1 Å². The molecule has 27 heavy (non-hydrogen) atoms. The van der Waals surface area contributed by atoms with E-state index in [0.717, 1.165) is 26.0 Å². The van der Waals surface area contributed by atoms with E-state index >= 15 is 0 Å². The van der Waals surface area contributed by atoms with Crippen molar-refractivity contribution in [3.05, 3.63) is 35.4 Å². The largest absolute Gasteiger partial charge is 0.376 e. The minimum atomic E-state index is -0.496. The van der Waals surface area contributed by atoms with Crippen LogP contribution in [0.3, 0.4) is 0 Å². The maximum Gasteiger partial charge on any atom is 0.279 e. The Labute approximate surface area is 161 Å². The Morgan fingerprint density at radius 2 is 2.04 bits per heavy atom. The van der Waals surface area contributed by atoms with Gasteiger partial charge < -0.3 is 20.7 Å². The molecule has 1 saturated heterocycles. The lowest BCUT2D eigenvalue weighted by molar-refractivity contribution is -0.695. The normalized spacial score (nSPS) is 22.9. The number of carbonyl (C=O) groups is 2. The lowest BCUT2D eigenvalue weighted by atomic mass is 9.95. The van der Waals surface area contributed by atoms with Crippen molar-refractivity contribution in [1.29, 1.82) is 0 Å². The van der Waals surface area contributed by atoms with E-state index in [1.54, 1.807) is 0 Å². The van der Waals surface area contributed by atoms with Crippen LogP contribution in [0.2, 0.25) is 0 Å². The fourth-order valence-corrected chi connectivity index (χ4v) is 3.87. The van der Waals surface area contributed by atoms with Crippen LogP contribution in [0.15, 0.2) is 24.3 Å². The number of amides is 2. The second-order valence-corrected chi connectivity index (χ2v) is 8.09. The molecule has 0 spiro atoms. The van der Waals surface area contributed by atoms with Gasteiger partial charge in [0.05, 0.1) is 6.10 Å². The highest BCUT2D eigenvalue weighted by molar-refractivity contribution is 5.89. The van der Waals surface area contributed by atoms with Crippen molar-refractivity contribution >= 4 is 11.8 Å². The molecule has 0 aliphatic carbocycles. The van der Waals surface area contributed by atoms with Gasteiger partial charge >= 0.3 is 0 Å². The second-order valence-electron chi connectivity index (χ2n) is 8.09. The molecule has 0 bridgehead atoms. The minimum absolute atomic E-state index is 0.0533. The predicted octanol–water partition coefficient (Wildman–Crippen LogP) is 0.501. The standard InChI is InChI=1S/C21H31N3O3/c1-14(2)10-19(20(25)23-13-17-8-5-9-27-17)24-21(26)18-11-15-6-3-4-7-16(15)12-22-18/h3-4,6-7,14,17-19,22H,5,8-13H2,1-2H3,(H,23,25)(H,24,26)/p+1/t17-,18-,19-/m0/s1. The molecule has 6 nitrogen and oxygen atoms in total. The third kappa shape index (κ3) is 5.53. The molecule has 6 heteroatoms. The number of rotatable bonds is 7. The summed E-state index contributed by atoms with van der Waals surface area (Å²) in [5.41, 5.74) is 2.51. The van der Waals surface area contributed by atoms with Crippen LogP contribution in [0.1, 0.15) is 44.2 Å². The third-order valence-corrected chi connectivity index (χ3v) is 5.39. The first-order chi connectivity index (χ1) is 13.0. The van der Waals surface area contributed by atoms with Crippen molar-refractivity contribution < 1.29 is 19.6 Å². The fourth-order valence-electron chi connectivity index (χ4n) is 3.87. The predicted molar refractivity (Wildman–Crippen MR) is 103 cm³/mol. The number of ether oxygens (including phenoxy) is 1. The van der Waals surface area contributed by atoms with E-state index < -0.39 is 6.04 Å². The maximum atomic E-state index is 12.8.